The minimum atomic E-state index is -0.508. The van der Waals surface area contributed by atoms with E-state index in [9.17, 15) is 9.90 Å². The normalized spacial score (nSPS) is 21.7. The van der Waals surface area contributed by atoms with E-state index in [1.54, 1.807) is 0 Å². The van der Waals surface area contributed by atoms with Crippen LogP contribution in [0.2, 0.25) is 0 Å². The van der Waals surface area contributed by atoms with Gasteiger partial charge in [0.15, 0.2) is 0 Å². The van der Waals surface area contributed by atoms with Crippen molar-refractivity contribution < 1.29 is 9.90 Å². The fourth-order valence-corrected chi connectivity index (χ4v) is 2.93. The molecule has 1 amide bonds. The first kappa shape index (κ1) is 18.4. The Hall–Kier alpha value is -0.610. The first-order chi connectivity index (χ1) is 10.2. The van der Waals surface area contributed by atoms with Crippen LogP contribution in [0.25, 0.3) is 0 Å². The molecule has 2 N–H and O–H groups in total. The number of amides is 1. The van der Waals surface area contributed by atoms with E-state index in [-0.39, 0.29) is 11.9 Å². The molecule has 4 heteroatoms. The zero-order chi connectivity index (χ0) is 15.5. The average Bonchev–Trinajstić information content (AvgIpc) is 2.91. The van der Waals surface area contributed by atoms with Gasteiger partial charge >= 0.3 is 0 Å². The SMILES string of the molecule is CCCCCCN(CCCCCC)C(=O)[C@H]1NCCC1O. The van der Waals surface area contributed by atoms with Crippen LogP contribution in [0.5, 0.6) is 0 Å². The molecule has 0 radical (unpaired) electrons. The Bertz CT molecular complexity index is 272. The van der Waals surface area contributed by atoms with Crippen molar-refractivity contribution in [1.29, 1.82) is 0 Å². The highest BCUT2D eigenvalue weighted by molar-refractivity contribution is 5.83. The summed E-state index contributed by atoms with van der Waals surface area (Å²) in [6, 6.07) is -0.373. The van der Waals surface area contributed by atoms with Crippen LogP contribution >= 0.6 is 0 Å². The number of hydrogen-bond donors (Lipinski definition) is 2. The molecule has 21 heavy (non-hydrogen) atoms. The van der Waals surface area contributed by atoms with E-state index in [0.717, 1.165) is 32.5 Å². The van der Waals surface area contributed by atoms with Gasteiger partial charge in [-0.05, 0) is 25.8 Å². The summed E-state index contributed by atoms with van der Waals surface area (Å²) in [6.07, 6.45) is 9.63. The summed E-state index contributed by atoms with van der Waals surface area (Å²) < 4.78 is 0. The highest BCUT2D eigenvalue weighted by Crippen LogP contribution is 2.13. The molecule has 2 atom stereocenters. The van der Waals surface area contributed by atoms with Crippen molar-refractivity contribution in [2.75, 3.05) is 19.6 Å². The lowest BCUT2D eigenvalue weighted by Gasteiger charge is -2.27. The van der Waals surface area contributed by atoms with Crippen LogP contribution in [-0.2, 0) is 4.79 Å². The van der Waals surface area contributed by atoms with Gasteiger partial charge in [0.1, 0.15) is 6.04 Å². The van der Waals surface area contributed by atoms with Crippen LogP contribution in [0.4, 0.5) is 0 Å². The van der Waals surface area contributed by atoms with Gasteiger partial charge in [-0.15, -0.1) is 0 Å². The lowest BCUT2D eigenvalue weighted by atomic mass is 10.1. The molecule has 1 saturated heterocycles. The van der Waals surface area contributed by atoms with Gasteiger partial charge in [-0.25, -0.2) is 0 Å². The molecule has 1 aliphatic rings. The second-order valence-corrected chi connectivity index (χ2v) is 6.23. The van der Waals surface area contributed by atoms with Crippen LogP contribution in [0, 0.1) is 0 Å². The molecular weight excluding hydrogens is 264 g/mol. The standard InChI is InChI=1S/C17H34N2O2/c1-3-5-7-9-13-19(14-10-8-6-4-2)17(21)16-15(20)11-12-18-16/h15-16,18,20H,3-14H2,1-2H3/t15?,16-/m0/s1. The summed E-state index contributed by atoms with van der Waals surface area (Å²) >= 11 is 0. The number of carbonyl (C=O) groups is 1. The number of aliphatic hydroxyl groups is 1. The maximum atomic E-state index is 12.6. The van der Waals surface area contributed by atoms with Crippen molar-refractivity contribution in [1.82, 2.24) is 10.2 Å². The van der Waals surface area contributed by atoms with Gasteiger partial charge in [0, 0.05) is 13.1 Å². The molecule has 0 aromatic carbocycles. The van der Waals surface area contributed by atoms with Crippen molar-refractivity contribution in [3.8, 4) is 0 Å². The van der Waals surface area contributed by atoms with Crippen molar-refractivity contribution >= 4 is 5.91 Å². The van der Waals surface area contributed by atoms with Gasteiger partial charge in [0.25, 0.3) is 0 Å². The van der Waals surface area contributed by atoms with Crippen molar-refractivity contribution in [2.45, 2.75) is 83.8 Å². The second-order valence-electron chi connectivity index (χ2n) is 6.23. The summed E-state index contributed by atoms with van der Waals surface area (Å²) in [6.45, 7) is 6.84. The molecule has 1 unspecified atom stereocenters. The molecule has 124 valence electrons. The highest BCUT2D eigenvalue weighted by Gasteiger charge is 2.33. The Balaban J connectivity index is 2.42. The number of unbranched alkanes of at least 4 members (excludes halogenated alkanes) is 6. The molecule has 4 nitrogen and oxygen atoms in total. The molecule has 0 bridgehead atoms. The van der Waals surface area contributed by atoms with E-state index in [2.05, 4.69) is 19.2 Å². The molecule has 1 rings (SSSR count). The average molecular weight is 298 g/mol. The van der Waals surface area contributed by atoms with Gasteiger partial charge < -0.3 is 15.3 Å². The Morgan fingerprint density at radius 2 is 1.62 bits per heavy atom. The van der Waals surface area contributed by atoms with Gasteiger partial charge in [-0.1, -0.05) is 52.4 Å². The van der Waals surface area contributed by atoms with Gasteiger partial charge in [-0.2, -0.15) is 0 Å². The number of aliphatic hydroxyl groups excluding tert-OH is 1. The van der Waals surface area contributed by atoms with Crippen molar-refractivity contribution in [3.63, 3.8) is 0 Å². The number of nitrogens with one attached hydrogen (secondary N) is 1. The Morgan fingerprint density at radius 3 is 2.05 bits per heavy atom. The predicted octanol–water partition coefficient (Wildman–Crippen LogP) is 2.70. The number of nitrogens with zero attached hydrogens (tertiary/aromatic N) is 1. The summed E-state index contributed by atoms with van der Waals surface area (Å²) in [5.41, 5.74) is 0. The Morgan fingerprint density at radius 1 is 1.05 bits per heavy atom. The quantitative estimate of drug-likeness (QED) is 0.577. The van der Waals surface area contributed by atoms with Crippen molar-refractivity contribution in [2.24, 2.45) is 0 Å². The first-order valence-corrected chi connectivity index (χ1v) is 8.91. The van der Waals surface area contributed by atoms with Crippen LogP contribution in [0.15, 0.2) is 0 Å². The molecule has 0 aromatic rings. The second kappa shape index (κ2) is 11.0. The lowest BCUT2D eigenvalue weighted by molar-refractivity contribution is -0.135. The number of rotatable bonds is 11. The monoisotopic (exact) mass is 298 g/mol. The summed E-state index contributed by atoms with van der Waals surface area (Å²) in [5.74, 6) is 0.105. The zero-order valence-electron chi connectivity index (χ0n) is 13.9. The molecule has 1 heterocycles. The summed E-state index contributed by atoms with van der Waals surface area (Å²) in [4.78, 5) is 14.6. The Kier molecular flexibility index (Phi) is 9.68. The third kappa shape index (κ3) is 6.79. The van der Waals surface area contributed by atoms with Crippen LogP contribution < -0.4 is 5.32 Å². The molecule has 1 fully saturated rings. The van der Waals surface area contributed by atoms with Crippen molar-refractivity contribution in [3.05, 3.63) is 0 Å². The van der Waals surface area contributed by atoms with Gasteiger partial charge in [0.2, 0.25) is 5.91 Å². The maximum absolute atomic E-state index is 12.6. The van der Waals surface area contributed by atoms with E-state index in [1.807, 2.05) is 4.90 Å². The first-order valence-electron chi connectivity index (χ1n) is 8.91. The van der Waals surface area contributed by atoms with Crippen LogP contribution in [0.1, 0.15) is 71.6 Å². The number of hydrogen-bond acceptors (Lipinski definition) is 3. The highest BCUT2D eigenvalue weighted by atomic mass is 16.3. The molecule has 0 saturated carbocycles. The van der Waals surface area contributed by atoms with E-state index < -0.39 is 6.10 Å². The van der Waals surface area contributed by atoms with E-state index >= 15 is 0 Å². The molecule has 0 aliphatic carbocycles. The summed E-state index contributed by atoms with van der Waals surface area (Å²) in [7, 11) is 0. The van der Waals surface area contributed by atoms with Gasteiger partial charge in [0.05, 0.1) is 6.10 Å². The fourth-order valence-electron chi connectivity index (χ4n) is 2.93. The molecule has 0 aromatic heterocycles. The maximum Gasteiger partial charge on any atom is 0.242 e. The minimum Gasteiger partial charge on any atom is -0.391 e. The van der Waals surface area contributed by atoms with Crippen LogP contribution in [0.3, 0.4) is 0 Å². The third-order valence-corrected chi connectivity index (χ3v) is 4.33. The fraction of sp³-hybridized carbons (Fsp3) is 0.941. The topological polar surface area (TPSA) is 52.6 Å². The van der Waals surface area contributed by atoms with E-state index in [4.69, 9.17) is 0 Å². The zero-order valence-corrected chi connectivity index (χ0v) is 13.9. The minimum absolute atomic E-state index is 0.105. The molecule has 1 aliphatic heterocycles. The smallest absolute Gasteiger partial charge is 0.242 e. The van der Waals surface area contributed by atoms with E-state index in [1.165, 1.54) is 38.5 Å². The van der Waals surface area contributed by atoms with E-state index in [0.29, 0.717) is 6.42 Å². The van der Waals surface area contributed by atoms with Gasteiger partial charge in [-0.3, -0.25) is 4.79 Å². The summed E-state index contributed by atoms with van der Waals surface area (Å²) in [5, 5.41) is 13.1. The van der Waals surface area contributed by atoms with Crippen LogP contribution in [-0.4, -0.2) is 47.7 Å². The largest absolute Gasteiger partial charge is 0.391 e. The number of carbonyl (C=O) groups excluding carboxylic acids is 1. The molecule has 0 spiro atoms. The predicted molar refractivity (Wildman–Crippen MR) is 87.3 cm³/mol. The Labute approximate surface area is 130 Å². The molecular formula is C17H34N2O2. The third-order valence-electron chi connectivity index (χ3n) is 4.33. The lowest BCUT2D eigenvalue weighted by Crippen LogP contribution is -2.48.